The standard InChI is InChI=1S/C16H16Br2FN/c1-16(2,12-3-5-13(17)6-4-12)20-10-11-9-14(18)7-8-15(11)19/h3-9,20H,10H2,1-2H3. The Bertz CT molecular complexity index is 594. The summed E-state index contributed by atoms with van der Waals surface area (Å²) in [6, 6.07) is 13.1. The summed E-state index contributed by atoms with van der Waals surface area (Å²) in [5.74, 6) is -0.188. The molecule has 0 amide bonds. The molecule has 2 rings (SSSR count). The second kappa shape index (κ2) is 6.37. The maximum absolute atomic E-state index is 13.7. The van der Waals surface area contributed by atoms with Crippen LogP contribution in [0.2, 0.25) is 0 Å². The van der Waals surface area contributed by atoms with E-state index in [-0.39, 0.29) is 11.4 Å². The third kappa shape index (κ3) is 3.90. The number of rotatable bonds is 4. The van der Waals surface area contributed by atoms with Gasteiger partial charge in [0.05, 0.1) is 0 Å². The van der Waals surface area contributed by atoms with E-state index in [1.807, 2.05) is 12.1 Å². The van der Waals surface area contributed by atoms with E-state index in [0.29, 0.717) is 12.1 Å². The Morgan fingerprint density at radius 2 is 1.60 bits per heavy atom. The van der Waals surface area contributed by atoms with E-state index < -0.39 is 0 Å². The fraction of sp³-hybridized carbons (Fsp3) is 0.250. The lowest BCUT2D eigenvalue weighted by Gasteiger charge is -2.27. The van der Waals surface area contributed by atoms with Crippen LogP contribution < -0.4 is 5.32 Å². The Kier molecular flexibility index (Phi) is 4.99. The van der Waals surface area contributed by atoms with Crippen molar-refractivity contribution in [3.05, 3.63) is 68.4 Å². The van der Waals surface area contributed by atoms with E-state index in [4.69, 9.17) is 0 Å². The minimum atomic E-state index is -0.227. The van der Waals surface area contributed by atoms with Crippen LogP contribution in [0.5, 0.6) is 0 Å². The number of hydrogen-bond acceptors (Lipinski definition) is 1. The Balaban J connectivity index is 2.12. The third-order valence-electron chi connectivity index (χ3n) is 3.29. The Morgan fingerprint density at radius 3 is 2.25 bits per heavy atom. The largest absolute Gasteiger partial charge is 0.304 e. The molecular weight excluding hydrogens is 385 g/mol. The van der Waals surface area contributed by atoms with Gasteiger partial charge >= 0.3 is 0 Å². The SMILES string of the molecule is CC(C)(NCc1cc(Br)ccc1F)c1ccc(Br)cc1. The maximum atomic E-state index is 13.7. The zero-order valence-electron chi connectivity index (χ0n) is 11.4. The lowest BCUT2D eigenvalue weighted by molar-refractivity contribution is 0.396. The topological polar surface area (TPSA) is 12.0 Å². The van der Waals surface area contributed by atoms with Gasteiger partial charge in [-0.25, -0.2) is 4.39 Å². The van der Waals surface area contributed by atoms with Crippen molar-refractivity contribution in [2.45, 2.75) is 25.9 Å². The van der Waals surface area contributed by atoms with Crippen molar-refractivity contribution in [1.29, 1.82) is 0 Å². The van der Waals surface area contributed by atoms with Crippen LogP contribution in [-0.2, 0) is 12.1 Å². The molecule has 2 aromatic carbocycles. The molecule has 106 valence electrons. The predicted octanol–water partition coefficient (Wildman–Crippen LogP) is 5.38. The molecule has 4 heteroatoms. The van der Waals surface area contributed by atoms with Crippen molar-refractivity contribution in [3.8, 4) is 0 Å². The van der Waals surface area contributed by atoms with Crippen molar-refractivity contribution < 1.29 is 4.39 Å². The molecule has 0 atom stereocenters. The first kappa shape index (κ1) is 15.7. The van der Waals surface area contributed by atoms with Crippen molar-refractivity contribution in [3.63, 3.8) is 0 Å². The highest BCUT2D eigenvalue weighted by atomic mass is 79.9. The van der Waals surface area contributed by atoms with Crippen LogP contribution in [-0.4, -0.2) is 0 Å². The van der Waals surface area contributed by atoms with Crippen LogP contribution in [0.1, 0.15) is 25.0 Å². The number of benzene rings is 2. The van der Waals surface area contributed by atoms with Crippen LogP contribution in [0.25, 0.3) is 0 Å². The van der Waals surface area contributed by atoms with E-state index in [1.54, 1.807) is 12.1 Å². The first-order chi connectivity index (χ1) is 9.38. The van der Waals surface area contributed by atoms with Gasteiger partial charge in [0.25, 0.3) is 0 Å². The molecule has 0 spiro atoms. The maximum Gasteiger partial charge on any atom is 0.127 e. The highest BCUT2D eigenvalue weighted by molar-refractivity contribution is 9.10. The first-order valence-electron chi connectivity index (χ1n) is 6.33. The zero-order valence-corrected chi connectivity index (χ0v) is 14.6. The van der Waals surface area contributed by atoms with Crippen molar-refractivity contribution in [1.82, 2.24) is 5.32 Å². The quantitative estimate of drug-likeness (QED) is 0.726. The predicted molar refractivity (Wildman–Crippen MR) is 88.1 cm³/mol. The second-order valence-corrected chi connectivity index (χ2v) is 7.05. The highest BCUT2D eigenvalue weighted by Crippen LogP contribution is 2.23. The lowest BCUT2D eigenvalue weighted by atomic mass is 9.94. The van der Waals surface area contributed by atoms with Crippen LogP contribution in [0, 0.1) is 5.82 Å². The summed E-state index contributed by atoms with van der Waals surface area (Å²) in [4.78, 5) is 0. The van der Waals surface area contributed by atoms with Crippen molar-refractivity contribution >= 4 is 31.9 Å². The Hall–Kier alpha value is -0.710. The molecule has 0 fully saturated rings. The van der Waals surface area contributed by atoms with Gasteiger partial charge in [-0.15, -0.1) is 0 Å². The highest BCUT2D eigenvalue weighted by Gasteiger charge is 2.20. The number of hydrogen-bond donors (Lipinski definition) is 1. The monoisotopic (exact) mass is 399 g/mol. The molecule has 1 nitrogen and oxygen atoms in total. The Morgan fingerprint density at radius 1 is 1.00 bits per heavy atom. The molecule has 2 aromatic rings. The van der Waals surface area contributed by atoms with E-state index in [0.717, 1.165) is 14.5 Å². The normalized spacial score (nSPS) is 11.7. The summed E-state index contributed by atoms with van der Waals surface area (Å²) < 4.78 is 15.7. The van der Waals surface area contributed by atoms with Gasteiger partial charge in [-0.3, -0.25) is 0 Å². The summed E-state index contributed by atoms with van der Waals surface area (Å²) in [5.41, 5.74) is 1.59. The minimum absolute atomic E-state index is 0.188. The summed E-state index contributed by atoms with van der Waals surface area (Å²) in [6.45, 7) is 4.66. The van der Waals surface area contributed by atoms with E-state index in [9.17, 15) is 4.39 Å². The summed E-state index contributed by atoms with van der Waals surface area (Å²) in [7, 11) is 0. The molecule has 0 radical (unpaired) electrons. The van der Waals surface area contributed by atoms with E-state index in [2.05, 4.69) is 63.2 Å². The van der Waals surface area contributed by atoms with Crippen molar-refractivity contribution in [2.75, 3.05) is 0 Å². The Labute approximate surface area is 135 Å². The van der Waals surface area contributed by atoms with Gasteiger partial charge in [-0.2, -0.15) is 0 Å². The average Bonchev–Trinajstić information content (AvgIpc) is 2.40. The molecule has 0 bridgehead atoms. The molecule has 0 aliphatic heterocycles. The third-order valence-corrected chi connectivity index (χ3v) is 4.32. The molecule has 20 heavy (non-hydrogen) atoms. The fourth-order valence-electron chi connectivity index (χ4n) is 1.96. The molecule has 0 saturated carbocycles. The lowest BCUT2D eigenvalue weighted by Crippen LogP contribution is -2.36. The smallest absolute Gasteiger partial charge is 0.127 e. The summed E-state index contributed by atoms with van der Waals surface area (Å²) >= 11 is 6.80. The van der Waals surface area contributed by atoms with Crippen molar-refractivity contribution in [2.24, 2.45) is 0 Å². The van der Waals surface area contributed by atoms with Gasteiger partial charge in [0, 0.05) is 26.6 Å². The van der Waals surface area contributed by atoms with Gasteiger partial charge in [0.15, 0.2) is 0 Å². The van der Waals surface area contributed by atoms with E-state index in [1.165, 1.54) is 6.07 Å². The number of nitrogens with one attached hydrogen (secondary N) is 1. The van der Waals surface area contributed by atoms with Gasteiger partial charge in [-0.05, 0) is 49.7 Å². The minimum Gasteiger partial charge on any atom is -0.304 e. The molecule has 0 heterocycles. The van der Waals surface area contributed by atoms with Gasteiger partial charge < -0.3 is 5.32 Å². The summed E-state index contributed by atoms with van der Waals surface area (Å²) in [5, 5.41) is 3.40. The van der Waals surface area contributed by atoms with Crippen LogP contribution in [0.15, 0.2) is 51.4 Å². The van der Waals surface area contributed by atoms with Gasteiger partial charge in [-0.1, -0.05) is 44.0 Å². The molecule has 0 unspecified atom stereocenters. The molecular formula is C16H16Br2FN. The average molecular weight is 401 g/mol. The molecule has 0 aliphatic rings. The molecule has 1 N–H and O–H groups in total. The molecule has 0 aromatic heterocycles. The van der Waals surface area contributed by atoms with Crippen LogP contribution in [0.3, 0.4) is 0 Å². The molecule has 0 saturated heterocycles. The first-order valence-corrected chi connectivity index (χ1v) is 7.92. The second-order valence-electron chi connectivity index (χ2n) is 5.22. The fourth-order valence-corrected chi connectivity index (χ4v) is 2.64. The zero-order chi connectivity index (χ0) is 14.8. The van der Waals surface area contributed by atoms with E-state index >= 15 is 0 Å². The summed E-state index contributed by atoms with van der Waals surface area (Å²) in [6.07, 6.45) is 0. The van der Waals surface area contributed by atoms with Gasteiger partial charge in [0.2, 0.25) is 0 Å². The van der Waals surface area contributed by atoms with Gasteiger partial charge in [0.1, 0.15) is 5.82 Å². The van der Waals surface area contributed by atoms with Crippen LogP contribution >= 0.6 is 31.9 Å². The number of halogens is 3. The van der Waals surface area contributed by atoms with Crippen LogP contribution in [0.4, 0.5) is 4.39 Å². The molecule has 0 aliphatic carbocycles.